The van der Waals surface area contributed by atoms with Crippen LogP contribution in [0.1, 0.15) is 24.8 Å². The number of rotatable bonds is 7. The van der Waals surface area contributed by atoms with E-state index in [9.17, 15) is 0 Å². The van der Waals surface area contributed by atoms with Crippen LogP contribution in [0.4, 0.5) is 5.69 Å². The van der Waals surface area contributed by atoms with Crippen LogP contribution in [0.3, 0.4) is 0 Å². The van der Waals surface area contributed by atoms with Crippen LogP contribution >= 0.6 is 0 Å². The molecule has 96 valence electrons. The minimum absolute atomic E-state index is 0.570. The number of nitrogens with zero attached hydrogens (tertiary/aromatic N) is 1. The molecule has 0 fully saturated rings. The number of anilines is 1. The van der Waals surface area contributed by atoms with E-state index in [4.69, 9.17) is 10.5 Å². The SMILES string of the molecule is COCCN(C)CCC(C)c1ccc(N)cc1. The molecule has 1 atom stereocenters. The van der Waals surface area contributed by atoms with Crippen LogP contribution in [-0.4, -0.2) is 38.8 Å². The smallest absolute Gasteiger partial charge is 0.0589 e. The topological polar surface area (TPSA) is 38.5 Å². The molecule has 0 saturated heterocycles. The fourth-order valence-electron chi connectivity index (χ4n) is 1.76. The third-order valence-electron chi connectivity index (χ3n) is 3.13. The molecule has 1 aromatic rings. The third-order valence-corrected chi connectivity index (χ3v) is 3.13. The van der Waals surface area contributed by atoms with Crippen LogP contribution in [-0.2, 0) is 4.74 Å². The normalized spacial score (nSPS) is 12.9. The van der Waals surface area contributed by atoms with Crippen molar-refractivity contribution in [1.82, 2.24) is 4.90 Å². The van der Waals surface area contributed by atoms with Crippen LogP contribution in [0, 0.1) is 0 Å². The molecule has 1 aromatic carbocycles. The Morgan fingerprint density at radius 2 is 1.88 bits per heavy atom. The lowest BCUT2D eigenvalue weighted by molar-refractivity contribution is 0.160. The van der Waals surface area contributed by atoms with Crippen molar-refractivity contribution in [3.05, 3.63) is 29.8 Å². The van der Waals surface area contributed by atoms with Crippen molar-refractivity contribution in [2.45, 2.75) is 19.3 Å². The van der Waals surface area contributed by atoms with E-state index in [2.05, 4.69) is 31.0 Å². The highest BCUT2D eigenvalue weighted by Gasteiger charge is 2.06. The molecule has 0 aliphatic carbocycles. The quantitative estimate of drug-likeness (QED) is 0.739. The number of hydrogen-bond donors (Lipinski definition) is 1. The van der Waals surface area contributed by atoms with E-state index in [1.807, 2.05) is 12.1 Å². The molecular weight excluding hydrogens is 212 g/mol. The lowest BCUT2D eigenvalue weighted by atomic mass is 9.97. The Kier molecular flexibility index (Phi) is 6.01. The van der Waals surface area contributed by atoms with Crippen LogP contribution in [0.25, 0.3) is 0 Å². The second-order valence-corrected chi connectivity index (χ2v) is 4.65. The third kappa shape index (κ3) is 5.20. The van der Waals surface area contributed by atoms with E-state index in [-0.39, 0.29) is 0 Å². The number of likely N-dealkylation sites (N-methyl/N-ethyl adjacent to an activating group) is 1. The van der Waals surface area contributed by atoms with Crippen LogP contribution < -0.4 is 5.73 Å². The molecule has 1 unspecified atom stereocenters. The summed E-state index contributed by atoms with van der Waals surface area (Å²) in [5.74, 6) is 0.570. The Balaban J connectivity index is 2.34. The fraction of sp³-hybridized carbons (Fsp3) is 0.571. The maximum atomic E-state index is 5.68. The first-order valence-electron chi connectivity index (χ1n) is 6.16. The van der Waals surface area contributed by atoms with Crippen LogP contribution in [0.5, 0.6) is 0 Å². The van der Waals surface area contributed by atoms with Crippen LogP contribution in [0.15, 0.2) is 24.3 Å². The lowest BCUT2D eigenvalue weighted by Gasteiger charge is -2.19. The Morgan fingerprint density at radius 1 is 1.24 bits per heavy atom. The molecule has 0 aromatic heterocycles. The lowest BCUT2D eigenvalue weighted by Crippen LogP contribution is -2.24. The van der Waals surface area contributed by atoms with Crippen molar-refractivity contribution in [2.75, 3.05) is 39.6 Å². The summed E-state index contributed by atoms with van der Waals surface area (Å²) in [5, 5.41) is 0. The summed E-state index contributed by atoms with van der Waals surface area (Å²) in [6.45, 7) is 5.14. The van der Waals surface area contributed by atoms with Crippen molar-refractivity contribution in [2.24, 2.45) is 0 Å². The second-order valence-electron chi connectivity index (χ2n) is 4.65. The van der Waals surface area contributed by atoms with Gasteiger partial charge in [0.25, 0.3) is 0 Å². The van der Waals surface area contributed by atoms with E-state index in [1.54, 1.807) is 7.11 Å². The van der Waals surface area contributed by atoms with Crippen molar-refractivity contribution in [1.29, 1.82) is 0 Å². The summed E-state index contributed by atoms with van der Waals surface area (Å²) >= 11 is 0. The molecule has 2 N–H and O–H groups in total. The second kappa shape index (κ2) is 7.30. The van der Waals surface area contributed by atoms with Gasteiger partial charge in [-0.15, -0.1) is 0 Å². The van der Waals surface area contributed by atoms with E-state index >= 15 is 0 Å². The molecule has 3 heteroatoms. The number of nitrogens with two attached hydrogens (primary N) is 1. The van der Waals surface area contributed by atoms with Crippen molar-refractivity contribution in [3.63, 3.8) is 0 Å². The molecule has 0 spiro atoms. The first kappa shape index (κ1) is 14.0. The molecule has 1 rings (SSSR count). The predicted octanol–water partition coefficient (Wildman–Crippen LogP) is 2.34. The van der Waals surface area contributed by atoms with Gasteiger partial charge >= 0.3 is 0 Å². The van der Waals surface area contributed by atoms with Gasteiger partial charge in [-0.05, 0) is 43.6 Å². The van der Waals surface area contributed by atoms with Gasteiger partial charge in [0.15, 0.2) is 0 Å². The molecule has 17 heavy (non-hydrogen) atoms. The predicted molar refractivity (Wildman–Crippen MR) is 73.3 cm³/mol. The highest BCUT2D eigenvalue weighted by Crippen LogP contribution is 2.20. The maximum absolute atomic E-state index is 5.68. The standard InChI is InChI=1S/C14H24N2O/c1-12(8-9-16(2)10-11-17-3)13-4-6-14(15)7-5-13/h4-7,12H,8-11,15H2,1-3H3. The number of ether oxygens (including phenoxy) is 1. The van der Waals surface area contributed by atoms with Gasteiger partial charge in [-0.3, -0.25) is 0 Å². The summed E-state index contributed by atoms with van der Waals surface area (Å²) in [6.07, 6.45) is 1.16. The summed E-state index contributed by atoms with van der Waals surface area (Å²) in [7, 11) is 3.87. The molecule has 0 heterocycles. The number of benzene rings is 1. The average Bonchev–Trinajstić information content (AvgIpc) is 2.34. The van der Waals surface area contributed by atoms with Gasteiger partial charge in [0.1, 0.15) is 0 Å². The van der Waals surface area contributed by atoms with Gasteiger partial charge in [-0.2, -0.15) is 0 Å². The van der Waals surface area contributed by atoms with Crippen molar-refractivity contribution < 1.29 is 4.74 Å². The minimum Gasteiger partial charge on any atom is -0.399 e. The van der Waals surface area contributed by atoms with E-state index < -0.39 is 0 Å². The zero-order valence-electron chi connectivity index (χ0n) is 11.1. The van der Waals surface area contributed by atoms with Gasteiger partial charge in [0.05, 0.1) is 6.61 Å². The summed E-state index contributed by atoms with van der Waals surface area (Å²) in [4.78, 5) is 2.30. The molecule has 0 saturated carbocycles. The molecule has 0 aliphatic rings. The Bertz CT molecular complexity index is 311. The Morgan fingerprint density at radius 3 is 2.47 bits per heavy atom. The molecular formula is C14H24N2O. The van der Waals surface area contributed by atoms with Gasteiger partial charge in [0.2, 0.25) is 0 Å². The van der Waals surface area contributed by atoms with E-state index in [0.717, 1.165) is 31.8 Å². The monoisotopic (exact) mass is 236 g/mol. The van der Waals surface area contributed by atoms with Gasteiger partial charge in [0, 0.05) is 19.3 Å². The summed E-state index contributed by atoms with van der Waals surface area (Å²) < 4.78 is 5.06. The van der Waals surface area contributed by atoms with Crippen molar-refractivity contribution in [3.8, 4) is 0 Å². The number of hydrogen-bond acceptors (Lipinski definition) is 3. The first-order chi connectivity index (χ1) is 8.13. The molecule has 0 aliphatic heterocycles. The fourth-order valence-corrected chi connectivity index (χ4v) is 1.76. The van der Waals surface area contributed by atoms with Gasteiger partial charge < -0.3 is 15.4 Å². The Labute approximate surface area is 105 Å². The Hall–Kier alpha value is -1.06. The highest BCUT2D eigenvalue weighted by atomic mass is 16.5. The van der Waals surface area contributed by atoms with Gasteiger partial charge in [-0.1, -0.05) is 19.1 Å². The first-order valence-corrected chi connectivity index (χ1v) is 6.16. The minimum atomic E-state index is 0.570. The largest absolute Gasteiger partial charge is 0.399 e. The molecule has 0 radical (unpaired) electrons. The zero-order chi connectivity index (χ0) is 12.7. The van der Waals surface area contributed by atoms with E-state index in [0.29, 0.717) is 5.92 Å². The molecule has 0 bridgehead atoms. The number of nitrogen functional groups attached to an aromatic ring is 1. The zero-order valence-corrected chi connectivity index (χ0v) is 11.1. The van der Waals surface area contributed by atoms with E-state index in [1.165, 1.54) is 5.56 Å². The maximum Gasteiger partial charge on any atom is 0.0589 e. The van der Waals surface area contributed by atoms with Crippen LogP contribution in [0.2, 0.25) is 0 Å². The van der Waals surface area contributed by atoms with Gasteiger partial charge in [-0.25, -0.2) is 0 Å². The highest BCUT2D eigenvalue weighted by molar-refractivity contribution is 5.40. The average molecular weight is 236 g/mol. The molecule has 0 amide bonds. The summed E-state index contributed by atoms with van der Waals surface area (Å²) in [5.41, 5.74) is 7.87. The molecule has 3 nitrogen and oxygen atoms in total. The number of methoxy groups -OCH3 is 1. The summed E-state index contributed by atoms with van der Waals surface area (Å²) in [6, 6.07) is 8.19. The van der Waals surface area contributed by atoms with Crippen molar-refractivity contribution >= 4 is 5.69 Å².